The van der Waals surface area contributed by atoms with Crippen molar-refractivity contribution >= 4 is 37.7 Å². The predicted octanol–water partition coefficient (Wildman–Crippen LogP) is 3.92. The molecule has 5 nitrogen and oxygen atoms in total. The fourth-order valence-corrected chi connectivity index (χ4v) is 3.51. The van der Waals surface area contributed by atoms with Gasteiger partial charge in [0.15, 0.2) is 11.3 Å². The maximum absolute atomic E-state index is 12.1. The average Bonchev–Trinajstić information content (AvgIpc) is 2.38. The minimum Gasteiger partial charge on any atom is -0.422 e. The van der Waals surface area contributed by atoms with Gasteiger partial charge < -0.3 is 14.3 Å². The van der Waals surface area contributed by atoms with Crippen molar-refractivity contribution in [1.82, 2.24) is 0 Å². The van der Waals surface area contributed by atoms with Gasteiger partial charge in [-0.05, 0) is 22.8 Å². The molecule has 2 N–H and O–H groups in total. The molecule has 0 radical (unpaired) electrons. The third-order valence-corrected chi connectivity index (χ3v) is 4.27. The van der Waals surface area contributed by atoms with Gasteiger partial charge in [-0.3, -0.25) is 0 Å². The van der Waals surface area contributed by atoms with E-state index in [1.54, 1.807) is 24.3 Å². The smallest absolute Gasteiger partial charge is 0.422 e. The van der Waals surface area contributed by atoms with Crippen LogP contribution in [0.15, 0.2) is 46.7 Å². The summed E-state index contributed by atoms with van der Waals surface area (Å²) in [6.07, 6.45) is 0. The number of hydrogen-bond acceptors (Lipinski definition) is 5. The molecule has 1 unspecified atom stereocenters. The van der Waals surface area contributed by atoms with Crippen molar-refractivity contribution in [3.8, 4) is 5.75 Å². The molecule has 0 fully saturated rings. The Labute approximate surface area is 109 Å². The van der Waals surface area contributed by atoms with Gasteiger partial charge in [0.2, 0.25) is 0 Å². The van der Waals surface area contributed by atoms with Crippen LogP contribution in [-0.4, -0.2) is 9.79 Å². The van der Waals surface area contributed by atoms with Gasteiger partial charge in [-0.25, -0.2) is 4.20 Å². The molecule has 1 aromatic heterocycles. The zero-order valence-electron chi connectivity index (χ0n) is 9.56. The molecule has 2 aromatic carbocycles. The van der Waals surface area contributed by atoms with E-state index in [4.69, 9.17) is 18.5 Å². The van der Waals surface area contributed by atoms with Crippen LogP contribution in [0.25, 0.3) is 21.5 Å². The normalized spacial score (nSPS) is 12.3. The van der Waals surface area contributed by atoms with E-state index >= 15 is 0 Å². The van der Waals surface area contributed by atoms with Crippen molar-refractivity contribution in [3.05, 3.63) is 42.5 Å². The Bertz CT molecular complexity index is 812. The van der Waals surface area contributed by atoms with Gasteiger partial charge >= 0.3 is 16.3 Å². The van der Waals surface area contributed by atoms with E-state index in [2.05, 4.69) is 0 Å². The van der Waals surface area contributed by atoms with Crippen molar-refractivity contribution in [3.63, 3.8) is 0 Å². The maximum atomic E-state index is 12.1. The van der Waals surface area contributed by atoms with Crippen LogP contribution in [0.3, 0.4) is 0 Å². The highest BCUT2D eigenvalue weighted by Crippen LogP contribution is 2.43. The number of benzene rings is 2. The lowest BCUT2D eigenvalue weighted by Crippen LogP contribution is -1.86. The first-order chi connectivity index (χ1) is 9.16. The van der Waals surface area contributed by atoms with Crippen molar-refractivity contribution in [2.75, 3.05) is 0 Å². The summed E-state index contributed by atoms with van der Waals surface area (Å²) in [5.74, 6) is 0.171. The molecule has 3 aromatic rings. The molecule has 1 heterocycles. The van der Waals surface area contributed by atoms with Gasteiger partial charge in [-0.2, -0.15) is 0 Å². The number of para-hydroxylation sites is 1. The number of fused-ring (bicyclic) bond motifs is 3. The molecule has 3 rings (SSSR count). The predicted molar refractivity (Wildman–Crippen MR) is 73.3 cm³/mol. The Hall–Kier alpha value is -1.51. The highest BCUT2D eigenvalue weighted by atomic mass is 31.2. The number of hydrogen-bond donors (Lipinski definition) is 2. The van der Waals surface area contributed by atoms with Crippen molar-refractivity contribution in [2.45, 2.75) is 0 Å². The molecular formula is C12H9O5P2+. The lowest BCUT2D eigenvalue weighted by Gasteiger charge is -2.04. The second kappa shape index (κ2) is 4.87. The molecule has 1 atom stereocenters. The molecular weight excluding hydrogens is 286 g/mol. The second-order valence-corrected chi connectivity index (χ2v) is 5.67. The Morgan fingerprint density at radius 1 is 1.05 bits per heavy atom. The van der Waals surface area contributed by atoms with E-state index in [-0.39, 0.29) is 5.75 Å². The molecule has 0 aliphatic rings. The van der Waals surface area contributed by atoms with Gasteiger partial charge in [0.05, 0.1) is 0 Å². The summed E-state index contributed by atoms with van der Waals surface area (Å²) < 4.78 is 22.4. The van der Waals surface area contributed by atoms with Crippen LogP contribution in [0.4, 0.5) is 0 Å². The standard InChI is InChI=1S/C12H9O5P2/c13-18-12-9(5-3-7-11(12)17-19(14)15)8-4-1-2-6-10(8)16-18/h1-7,14-15H/q+1. The van der Waals surface area contributed by atoms with Crippen molar-refractivity contribution in [2.24, 2.45) is 0 Å². The zero-order valence-corrected chi connectivity index (χ0v) is 11.3. The minimum atomic E-state index is -2.56. The minimum absolute atomic E-state index is 0.171. The molecule has 19 heavy (non-hydrogen) atoms. The van der Waals surface area contributed by atoms with E-state index in [9.17, 15) is 4.57 Å². The van der Waals surface area contributed by atoms with Crippen LogP contribution < -0.4 is 4.52 Å². The summed E-state index contributed by atoms with van der Waals surface area (Å²) in [6, 6.07) is 12.3. The summed E-state index contributed by atoms with van der Waals surface area (Å²) in [7, 11) is -4.69. The molecule has 96 valence electrons. The molecule has 0 aliphatic carbocycles. The lowest BCUT2D eigenvalue weighted by atomic mass is 10.1. The molecule has 0 saturated carbocycles. The quantitative estimate of drug-likeness (QED) is 0.553. The van der Waals surface area contributed by atoms with Gasteiger partial charge in [0, 0.05) is 10.8 Å². The van der Waals surface area contributed by atoms with E-state index in [0.717, 1.165) is 10.8 Å². The summed E-state index contributed by atoms with van der Waals surface area (Å²) in [5, 5.41) is 1.88. The summed E-state index contributed by atoms with van der Waals surface area (Å²) >= 11 is 0. The van der Waals surface area contributed by atoms with Crippen LogP contribution in [0.5, 0.6) is 5.75 Å². The first-order valence-corrected chi connectivity index (χ1v) is 7.74. The van der Waals surface area contributed by atoms with E-state index in [1.807, 2.05) is 12.1 Å². The molecule has 0 spiro atoms. The zero-order chi connectivity index (χ0) is 13.4. The summed E-state index contributed by atoms with van der Waals surface area (Å²) in [6.45, 7) is 0. The van der Waals surface area contributed by atoms with E-state index in [1.165, 1.54) is 6.07 Å². The van der Waals surface area contributed by atoms with Crippen LogP contribution in [0.1, 0.15) is 0 Å². The molecule has 7 heteroatoms. The van der Waals surface area contributed by atoms with E-state index in [0.29, 0.717) is 10.7 Å². The topological polar surface area (TPSA) is 79.9 Å². The monoisotopic (exact) mass is 295 g/mol. The highest BCUT2D eigenvalue weighted by Gasteiger charge is 2.22. The molecule has 0 saturated heterocycles. The largest absolute Gasteiger partial charge is 0.601 e. The fourth-order valence-electron chi connectivity index (χ4n) is 1.99. The van der Waals surface area contributed by atoms with Crippen LogP contribution in [0.2, 0.25) is 0 Å². The van der Waals surface area contributed by atoms with Gasteiger partial charge in [-0.1, -0.05) is 24.3 Å². The lowest BCUT2D eigenvalue weighted by molar-refractivity contribution is 0.377. The average molecular weight is 295 g/mol. The van der Waals surface area contributed by atoms with Crippen LogP contribution >= 0.6 is 16.3 Å². The Morgan fingerprint density at radius 2 is 1.79 bits per heavy atom. The SMILES string of the molecule is O=[p+]1oc2ccccc2c2cccc(OP(O)O)c21. The Kier molecular flexibility index (Phi) is 3.21. The van der Waals surface area contributed by atoms with Gasteiger partial charge in [0.1, 0.15) is 0 Å². The molecule has 0 aliphatic heterocycles. The van der Waals surface area contributed by atoms with Crippen molar-refractivity contribution in [1.29, 1.82) is 0 Å². The maximum Gasteiger partial charge on any atom is 0.601 e. The van der Waals surface area contributed by atoms with Crippen molar-refractivity contribution < 1.29 is 23.1 Å². The fraction of sp³-hybridized carbons (Fsp3) is 0. The van der Waals surface area contributed by atoms with Gasteiger partial charge in [-0.15, -0.1) is 0 Å². The van der Waals surface area contributed by atoms with Crippen LogP contribution in [0, 0.1) is 0 Å². The summed E-state index contributed by atoms with van der Waals surface area (Å²) in [4.78, 5) is 17.9. The third-order valence-electron chi connectivity index (χ3n) is 2.72. The number of rotatable bonds is 2. The first kappa shape index (κ1) is 12.5. The second-order valence-electron chi connectivity index (χ2n) is 3.84. The summed E-state index contributed by atoms with van der Waals surface area (Å²) in [5.41, 5.74) is 0.545. The highest BCUT2D eigenvalue weighted by molar-refractivity contribution is 7.40. The third kappa shape index (κ3) is 2.22. The molecule has 0 amide bonds. The molecule has 0 bridgehead atoms. The van der Waals surface area contributed by atoms with Gasteiger partial charge in [0.25, 0.3) is 5.12 Å². The Balaban J connectivity index is 2.44. The van der Waals surface area contributed by atoms with Crippen LogP contribution in [-0.2, 0) is 4.57 Å². The van der Waals surface area contributed by atoms with E-state index < -0.39 is 16.3 Å². The Morgan fingerprint density at radius 3 is 2.58 bits per heavy atom. The first-order valence-electron chi connectivity index (χ1n) is 5.40.